The lowest BCUT2D eigenvalue weighted by molar-refractivity contribution is -0.117. The van der Waals surface area contributed by atoms with Crippen LogP contribution in [0.25, 0.3) is 6.08 Å². The number of rotatable bonds is 6. The van der Waals surface area contributed by atoms with E-state index in [-0.39, 0.29) is 17.7 Å². The number of hydrogen-bond donors (Lipinski definition) is 1. The highest BCUT2D eigenvalue weighted by atomic mass is 19.3. The Kier molecular flexibility index (Phi) is 5.51. The van der Waals surface area contributed by atoms with Gasteiger partial charge in [0, 0.05) is 12.5 Å². The minimum atomic E-state index is -2.88. The van der Waals surface area contributed by atoms with Gasteiger partial charge in [-0.25, -0.2) is 0 Å². The van der Waals surface area contributed by atoms with E-state index in [0.717, 1.165) is 23.3 Å². The summed E-state index contributed by atoms with van der Waals surface area (Å²) in [4.78, 5) is 12.1. The summed E-state index contributed by atoms with van der Waals surface area (Å²) in [6.45, 7) is -0.412. The molecule has 0 aromatic heterocycles. The molecule has 4 nitrogen and oxygen atoms in total. The van der Waals surface area contributed by atoms with Crippen molar-refractivity contribution in [3.05, 3.63) is 65.2 Å². The van der Waals surface area contributed by atoms with Crippen LogP contribution in [-0.2, 0) is 11.2 Å². The molecule has 1 N–H and O–H groups in total. The van der Waals surface area contributed by atoms with E-state index in [1.165, 1.54) is 18.2 Å². The van der Waals surface area contributed by atoms with Crippen molar-refractivity contribution in [3.8, 4) is 11.5 Å². The van der Waals surface area contributed by atoms with Gasteiger partial charge in [0.2, 0.25) is 5.91 Å². The normalized spacial score (nSPS) is 14.2. The molecular formula is C20H19F2NO3. The summed E-state index contributed by atoms with van der Waals surface area (Å²) < 4.78 is 34.4. The molecule has 1 unspecified atom stereocenters. The van der Waals surface area contributed by atoms with Gasteiger partial charge in [-0.3, -0.25) is 4.79 Å². The van der Waals surface area contributed by atoms with Gasteiger partial charge in [-0.15, -0.1) is 0 Å². The van der Waals surface area contributed by atoms with Gasteiger partial charge in [0.25, 0.3) is 0 Å². The topological polar surface area (TPSA) is 47.6 Å². The number of carbonyl (C=O) groups is 1. The first-order valence-corrected chi connectivity index (χ1v) is 8.30. The molecule has 1 aliphatic rings. The van der Waals surface area contributed by atoms with Crippen LogP contribution in [-0.4, -0.2) is 19.1 Å². The molecule has 0 saturated carbocycles. The van der Waals surface area contributed by atoms with Crippen LogP contribution < -0.4 is 14.8 Å². The third kappa shape index (κ3) is 4.59. The molecule has 136 valence electrons. The van der Waals surface area contributed by atoms with Gasteiger partial charge >= 0.3 is 6.61 Å². The molecule has 0 radical (unpaired) electrons. The molecule has 2 aromatic carbocycles. The maximum atomic E-state index is 12.3. The number of ether oxygens (including phenoxy) is 2. The largest absolute Gasteiger partial charge is 0.493 e. The van der Waals surface area contributed by atoms with Crippen LogP contribution in [0.2, 0.25) is 0 Å². The maximum Gasteiger partial charge on any atom is 0.387 e. The fourth-order valence-electron chi connectivity index (χ4n) is 2.79. The van der Waals surface area contributed by atoms with Crippen molar-refractivity contribution in [1.82, 2.24) is 5.32 Å². The second kappa shape index (κ2) is 7.99. The van der Waals surface area contributed by atoms with Crippen LogP contribution in [0.4, 0.5) is 8.78 Å². The van der Waals surface area contributed by atoms with Crippen LogP contribution >= 0.6 is 0 Å². The number of nitrogens with one attached hydrogen (secondary N) is 1. The zero-order chi connectivity index (χ0) is 18.5. The van der Waals surface area contributed by atoms with Crippen molar-refractivity contribution in [2.45, 2.75) is 26.0 Å². The number of benzene rings is 2. The summed E-state index contributed by atoms with van der Waals surface area (Å²) in [6, 6.07) is 11.7. The lowest BCUT2D eigenvalue weighted by Gasteiger charge is -2.14. The molecule has 1 heterocycles. The van der Waals surface area contributed by atoms with E-state index in [2.05, 4.69) is 10.1 Å². The Morgan fingerprint density at radius 1 is 1.27 bits per heavy atom. The van der Waals surface area contributed by atoms with Crippen molar-refractivity contribution >= 4 is 12.0 Å². The lowest BCUT2D eigenvalue weighted by atomic mass is 10.1. The van der Waals surface area contributed by atoms with E-state index in [9.17, 15) is 13.6 Å². The van der Waals surface area contributed by atoms with Crippen molar-refractivity contribution in [2.24, 2.45) is 0 Å². The minimum absolute atomic E-state index is 0.0644. The molecule has 0 aliphatic carbocycles. The standard InChI is InChI=1S/C20H19F2NO3/c1-13(15-3-2-4-17(12-15)26-20(21)22)23-19(24)8-6-14-5-7-18-16(11-14)9-10-25-18/h2-8,11-13,20H,9-10H2,1H3,(H,23,24)/b8-6+. The summed E-state index contributed by atoms with van der Waals surface area (Å²) >= 11 is 0. The SMILES string of the molecule is CC(NC(=O)/C=C/c1ccc2c(c1)CCO2)c1cccc(OC(F)F)c1. The monoisotopic (exact) mass is 359 g/mol. The molecule has 6 heteroatoms. The van der Waals surface area contributed by atoms with Crippen LogP contribution in [0.1, 0.15) is 29.7 Å². The average Bonchev–Trinajstić information content (AvgIpc) is 3.07. The molecule has 0 saturated heterocycles. The predicted octanol–water partition coefficient (Wildman–Crippen LogP) is 4.11. The van der Waals surface area contributed by atoms with E-state index < -0.39 is 6.61 Å². The highest BCUT2D eigenvalue weighted by Crippen LogP contribution is 2.26. The van der Waals surface area contributed by atoms with Gasteiger partial charge in [0.1, 0.15) is 11.5 Å². The van der Waals surface area contributed by atoms with Crippen LogP contribution in [0.3, 0.4) is 0 Å². The van der Waals surface area contributed by atoms with Crippen molar-refractivity contribution in [1.29, 1.82) is 0 Å². The van der Waals surface area contributed by atoms with E-state index in [1.54, 1.807) is 25.1 Å². The Bertz CT molecular complexity index is 820. The summed E-state index contributed by atoms with van der Waals surface area (Å²) in [7, 11) is 0. The Labute approximate surface area is 150 Å². The van der Waals surface area contributed by atoms with Gasteiger partial charge in [0.05, 0.1) is 12.6 Å². The predicted molar refractivity (Wildman–Crippen MR) is 94.3 cm³/mol. The van der Waals surface area contributed by atoms with E-state index in [4.69, 9.17) is 4.74 Å². The van der Waals surface area contributed by atoms with Crippen molar-refractivity contribution in [2.75, 3.05) is 6.61 Å². The fraction of sp³-hybridized carbons (Fsp3) is 0.250. The zero-order valence-electron chi connectivity index (χ0n) is 14.2. The highest BCUT2D eigenvalue weighted by Gasteiger charge is 2.12. The minimum Gasteiger partial charge on any atom is -0.493 e. The van der Waals surface area contributed by atoms with Gasteiger partial charge in [-0.1, -0.05) is 18.2 Å². The number of alkyl halides is 2. The summed E-state index contributed by atoms with van der Waals surface area (Å²) in [5, 5.41) is 2.81. The Morgan fingerprint density at radius 3 is 2.92 bits per heavy atom. The smallest absolute Gasteiger partial charge is 0.387 e. The molecule has 0 spiro atoms. The van der Waals surface area contributed by atoms with Crippen LogP contribution in [0.15, 0.2) is 48.5 Å². The molecule has 1 amide bonds. The van der Waals surface area contributed by atoms with Gasteiger partial charge in [-0.05, 0) is 54.0 Å². The first-order valence-electron chi connectivity index (χ1n) is 8.30. The molecule has 2 aromatic rings. The van der Waals surface area contributed by atoms with Crippen LogP contribution in [0, 0.1) is 0 Å². The first kappa shape index (κ1) is 17.9. The second-order valence-corrected chi connectivity index (χ2v) is 5.98. The number of amides is 1. The van der Waals surface area contributed by atoms with Crippen molar-refractivity contribution in [3.63, 3.8) is 0 Å². The Hall–Kier alpha value is -2.89. The molecule has 3 rings (SSSR count). The van der Waals surface area contributed by atoms with Crippen LogP contribution in [0.5, 0.6) is 11.5 Å². The molecule has 0 fully saturated rings. The molecular weight excluding hydrogens is 340 g/mol. The summed E-state index contributed by atoms with van der Waals surface area (Å²) in [6.07, 6.45) is 4.06. The van der Waals surface area contributed by atoms with Crippen molar-refractivity contribution < 1.29 is 23.0 Å². The Balaban J connectivity index is 1.60. The number of halogens is 2. The molecule has 0 bridgehead atoms. The molecule has 26 heavy (non-hydrogen) atoms. The molecule has 1 atom stereocenters. The van der Waals surface area contributed by atoms with Gasteiger partial charge in [-0.2, -0.15) is 8.78 Å². The summed E-state index contributed by atoms with van der Waals surface area (Å²) in [5.74, 6) is 0.690. The van der Waals surface area contributed by atoms with E-state index in [1.807, 2.05) is 18.2 Å². The quantitative estimate of drug-likeness (QED) is 0.790. The zero-order valence-corrected chi connectivity index (χ0v) is 14.2. The highest BCUT2D eigenvalue weighted by molar-refractivity contribution is 5.92. The van der Waals surface area contributed by atoms with Gasteiger partial charge in [0.15, 0.2) is 0 Å². The number of carbonyl (C=O) groups excluding carboxylic acids is 1. The number of fused-ring (bicyclic) bond motifs is 1. The summed E-state index contributed by atoms with van der Waals surface area (Å²) in [5.41, 5.74) is 2.74. The second-order valence-electron chi connectivity index (χ2n) is 5.98. The van der Waals surface area contributed by atoms with E-state index in [0.29, 0.717) is 12.2 Å². The third-order valence-electron chi connectivity index (χ3n) is 4.08. The number of hydrogen-bond acceptors (Lipinski definition) is 3. The van der Waals surface area contributed by atoms with E-state index >= 15 is 0 Å². The van der Waals surface area contributed by atoms with Gasteiger partial charge < -0.3 is 14.8 Å². The third-order valence-corrected chi connectivity index (χ3v) is 4.08. The Morgan fingerprint density at radius 2 is 2.12 bits per heavy atom. The fourth-order valence-corrected chi connectivity index (χ4v) is 2.79. The first-order chi connectivity index (χ1) is 12.5. The molecule has 1 aliphatic heterocycles. The average molecular weight is 359 g/mol. The lowest BCUT2D eigenvalue weighted by Crippen LogP contribution is -2.24. The maximum absolute atomic E-state index is 12.3.